The van der Waals surface area contributed by atoms with Crippen LogP contribution < -0.4 is 15.0 Å². The van der Waals surface area contributed by atoms with Gasteiger partial charge in [-0.2, -0.15) is 0 Å². The fraction of sp³-hybridized carbons (Fsp3) is 0.444. The Balaban J connectivity index is 1.66. The van der Waals surface area contributed by atoms with Crippen LogP contribution in [0.5, 0.6) is 5.75 Å². The molecule has 1 N–H and O–H groups in total. The van der Waals surface area contributed by atoms with Crippen molar-refractivity contribution in [1.29, 1.82) is 0 Å². The lowest BCUT2D eigenvalue weighted by Gasteiger charge is -2.32. The normalized spacial score (nSPS) is 15.0. The summed E-state index contributed by atoms with van der Waals surface area (Å²) in [5.41, 5.74) is 0.402. The van der Waals surface area contributed by atoms with E-state index in [2.05, 4.69) is 15.2 Å². The van der Waals surface area contributed by atoms with Crippen molar-refractivity contribution >= 4 is 27.4 Å². The molecule has 0 bridgehead atoms. The van der Waals surface area contributed by atoms with Crippen molar-refractivity contribution in [2.24, 2.45) is 0 Å². The molecule has 0 radical (unpaired) electrons. The minimum atomic E-state index is -0.363. The largest absolute Gasteiger partial charge is 0.490 e. The van der Waals surface area contributed by atoms with Crippen molar-refractivity contribution < 1.29 is 14.3 Å². The Labute approximate surface area is 151 Å². The first-order valence-corrected chi connectivity index (χ1v) is 9.35. The van der Waals surface area contributed by atoms with Crippen LogP contribution in [0, 0.1) is 0 Å². The van der Waals surface area contributed by atoms with Crippen molar-refractivity contribution in [2.45, 2.75) is 25.9 Å². The lowest BCUT2D eigenvalue weighted by atomic mass is 10.1. The number of para-hydroxylation sites is 1. The first-order valence-electron chi connectivity index (χ1n) is 8.53. The molecule has 0 amide bonds. The molecular formula is C18H23N3O3S. The summed E-state index contributed by atoms with van der Waals surface area (Å²) in [4.78, 5) is 18.8. The van der Waals surface area contributed by atoms with Crippen molar-refractivity contribution in [2.75, 3.05) is 37.0 Å². The number of esters is 1. The second-order valence-corrected chi connectivity index (χ2v) is 6.74. The molecule has 1 aliphatic heterocycles. The second-order valence-electron chi connectivity index (χ2n) is 5.76. The van der Waals surface area contributed by atoms with Crippen LogP contribution in [0.1, 0.15) is 30.3 Å². The molecule has 1 fully saturated rings. The van der Waals surface area contributed by atoms with E-state index in [0.717, 1.165) is 41.8 Å². The van der Waals surface area contributed by atoms with Gasteiger partial charge in [-0.05, 0) is 19.1 Å². The molecule has 3 rings (SSSR count). The number of aromatic nitrogens is 1. The monoisotopic (exact) mass is 361 g/mol. The third kappa shape index (κ3) is 4.22. The van der Waals surface area contributed by atoms with Crippen molar-refractivity contribution in [1.82, 2.24) is 4.98 Å². The lowest BCUT2D eigenvalue weighted by molar-refractivity contribution is 0.0521. The van der Waals surface area contributed by atoms with E-state index in [1.807, 2.05) is 30.3 Å². The fourth-order valence-corrected chi connectivity index (χ4v) is 3.79. The van der Waals surface area contributed by atoms with Crippen LogP contribution in [0.25, 0.3) is 0 Å². The summed E-state index contributed by atoms with van der Waals surface area (Å²) in [5, 5.41) is 4.61. The molecule has 0 aliphatic carbocycles. The van der Waals surface area contributed by atoms with E-state index in [0.29, 0.717) is 12.3 Å². The molecule has 0 unspecified atom stereocenters. The number of rotatable bonds is 6. The fourth-order valence-electron chi connectivity index (χ4n) is 2.83. The third-order valence-corrected chi connectivity index (χ3v) is 5.20. The van der Waals surface area contributed by atoms with Crippen LogP contribution in [0.4, 0.5) is 10.1 Å². The Kier molecular flexibility index (Phi) is 5.75. The molecule has 2 aromatic rings. The van der Waals surface area contributed by atoms with E-state index in [9.17, 15) is 4.79 Å². The Hall–Kier alpha value is -2.28. The quantitative estimate of drug-likeness (QED) is 0.796. The zero-order valence-corrected chi connectivity index (χ0v) is 15.3. The number of ether oxygens (including phenoxy) is 2. The molecule has 7 heteroatoms. The first kappa shape index (κ1) is 17.5. The Morgan fingerprint density at radius 3 is 2.68 bits per heavy atom. The smallest absolute Gasteiger partial charge is 0.360 e. The highest BCUT2D eigenvalue weighted by molar-refractivity contribution is 7.19. The van der Waals surface area contributed by atoms with E-state index in [4.69, 9.17) is 9.47 Å². The van der Waals surface area contributed by atoms with Gasteiger partial charge < -0.3 is 19.7 Å². The highest BCUT2D eigenvalue weighted by Gasteiger charge is 2.27. The van der Waals surface area contributed by atoms with Gasteiger partial charge in [0.25, 0.3) is 0 Å². The van der Waals surface area contributed by atoms with Gasteiger partial charge in [0.1, 0.15) is 16.9 Å². The molecule has 1 aromatic carbocycles. The maximum atomic E-state index is 12.2. The molecule has 1 saturated heterocycles. The van der Waals surface area contributed by atoms with Gasteiger partial charge in [0, 0.05) is 33.0 Å². The third-order valence-electron chi connectivity index (χ3n) is 4.07. The van der Waals surface area contributed by atoms with Crippen molar-refractivity contribution in [3.8, 4) is 5.75 Å². The van der Waals surface area contributed by atoms with Gasteiger partial charge in [0.2, 0.25) is 0 Å². The summed E-state index contributed by atoms with van der Waals surface area (Å²) >= 11 is 1.49. The van der Waals surface area contributed by atoms with E-state index < -0.39 is 0 Å². The number of piperidine rings is 1. The molecule has 134 valence electrons. The van der Waals surface area contributed by atoms with E-state index in [1.54, 1.807) is 14.0 Å². The molecule has 25 heavy (non-hydrogen) atoms. The lowest BCUT2D eigenvalue weighted by Crippen LogP contribution is -2.38. The molecular weight excluding hydrogens is 338 g/mol. The topological polar surface area (TPSA) is 63.7 Å². The number of thiazole rings is 1. The SMILES string of the molecule is CCOC(=O)c1nc(NC)sc1N1CCC(Oc2ccccc2)CC1. The number of carbonyl (C=O) groups excluding carboxylic acids is 1. The molecule has 2 heterocycles. The summed E-state index contributed by atoms with van der Waals surface area (Å²) in [6.07, 6.45) is 2.01. The highest BCUT2D eigenvalue weighted by atomic mass is 32.1. The average Bonchev–Trinajstić information content (AvgIpc) is 3.08. The number of carbonyl (C=O) groups is 1. The van der Waals surface area contributed by atoms with Gasteiger partial charge in [-0.3, -0.25) is 0 Å². The van der Waals surface area contributed by atoms with Crippen molar-refractivity contribution in [3.05, 3.63) is 36.0 Å². The average molecular weight is 361 g/mol. The van der Waals surface area contributed by atoms with Crippen LogP contribution in [-0.4, -0.2) is 43.8 Å². The minimum absolute atomic E-state index is 0.196. The van der Waals surface area contributed by atoms with Gasteiger partial charge in [-0.15, -0.1) is 0 Å². The summed E-state index contributed by atoms with van der Waals surface area (Å²) in [5.74, 6) is 0.543. The highest BCUT2D eigenvalue weighted by Crippen LogP contribution is 2.34. The number of anilines is 2. The van der Waals surface area contributed by atoms with Crippen LogP contribution in [0.3, 0.4) is 0 Å². The van der Waals surface area contributed by atoms with E-state index >= 15 is 0 Å². The van der Waals surface area contributed by atoms with Gasteiger partial charge in [0.05, 0.1) is 6.61 Å². The van der Waals surface area contributed by atoms with Gasteiger partial charge in [-0.1, -0.05) is 29.5 Å². The summed E-state index contributed by atoms with van der Waals surface area (Å²) < 4.78 is 11.2. The molecule has 0 spiro atoms. The number of benzene rings is 1. The number of nitrogens with one attached hydrogen (secondary N) is 1. The van der Waals surface area contributed by atoms with Crippen LogP contribution in [-0.2, 0) is 4.74 Å². The molecule has 6 nitrogen and oxygen atoms in total. The van der Waals surface area contributed by atoms with Crippen LogP contribution in [0.15, 0.2) is 30.3 Å². The Bertz CT molecular complexity index is 697. The zero-order chi connectivity index (χ0) is 17.6. The minimum Gasteiger partial charge on any atom is -0.490 e. The molecule has 0 atom stereocenters. The van der Waals surface area contributed by atoms with Crippen LogP contribution in [0.2, 0.25) is 0 Å². The second kappa shape index (κ2) is 8.20. The molecule has 0 saturated carbocycles. The van der Waals surface area contributed by atoms with E-state index in [1.165, 1.54) is 11.3 Å². The van der Waals surface area contributed by atoms with Crippen LogP contribution >= 0.6 is 11.3 Å². The van der Waals surface area contributed by atoms with Crippen molar-refractivity contribution in [3.63, 3.8) is 0 Å². The van der Waals surface area contributed by atoms with Gasteiger partial charge >= 0.3 is 5.97 Å². The summed E-state index contributed by atoms with van der Waals surface area (Å²) in [6, 6.07) is 9.90. The van der Waals surface area contributed by atoms with Gasteiger partial charge in [-0.25, -0.2) is 9.78 Å². The number of hydrogen-bond acceptors (Lipinski definition) is 7. The summed E-state index contributed by atoms with van der Waals surface area (Å²) in [7, 11) is 1.80. The number of nitrogens with zero attached hydrogens (tertiary/aromatic N) is 2. The molecule has 1 aromatic heterocycles. The van der Waals surface area contributed by atoms with Gasteiger partial charge in [0.15, 0.2) is 10.8 Å². The van der Waals surface area contributed by atoms with E-state index in [-0.39, 0.29) is 12.1 Å². The summed E-state index contributed by atoms with van der Waals surface area (Å²) in [6.45, 7) is 3.80. The maximum absolute atomic E-state index is 12.2. The standard InChI is InChI=1S/C18H23N3O3S/c1-3-23-17(22)15-16(25-18(19-2)20-15)21-11-9-14(10-12-21)24-13-7-5-4-6-8-13/h4-8,14H,3,9-12H2,1-2H3,(H,19,20). The predicted octanol–water partition coefficient (Wildman–Crippen LogP) is 3.41. The number of hydrogen-bond donors (Lipinski definition) is 1. The Morgan fingerprint density at radius 2 is 2.04 bits per heavy atom. The maximum Gasteiger partial charge on any atom is 0.360 e. The first-order chi connectivity index (χ1) is 12.2. The predicted molar refractivity (Wildman–Crippen MR) is 99.9 cm³/mol. The zero-order valence-electron chi connectivity index (χ0n) is 14.5. The Morgan fingerprint density at radius 1 is 1.32 bits per heavy atom. The molecule has 1 aliphatic rings.